The molecule has 2 heterocycles. The summed E-state index contributed by atoms with van der Waals surface area (Å²) in [5.41, 5.74) is 3.17. The van der Waals surface area contributed by atoms with Crippen molar-refractivity contribution in [1.82, 2.24) is 19.6 Å². The summed E-state index contributed by atoms with van der Waals surface area (Å²) in [6.45, 7) is 0.873. The lowest BCUT2D eigenvalue weighted by molar-refractivity contribution is 0.0706. The van der Waals surface area contributed by atoms with Crippen molar-refractivity contribution in [3.63, 3.8) is 0 Å². The maximum atomic E-state index is 11.6. The molecule has 0 radical (unpaired) electrons. The first-order chi connectivity index (χ1) is 14.2. The number of rotatable bonds is 6. The minimum absolute atomic E-state index is 0.272. The van der Waals surface area contributed by atoms with Crippen LogP contribution in [0.2, 0.25) is 0 Å². The molecular formula is C21H19N5O3. The number of nitrogens with one attached hydrogen (secondary N) is 2. The highest BCUT2D eigenvalue weighted by atomic mass is 16.5. The van der Waals surface area contributed by atoms with Gasteiger partial charge in [-0.2, -0.15) is 0 Å². The van der Waals surface area contributed by atoms with Gasteiger partial charge in [0.2, 0.25) is 0 Å². The van der Waals surface area contributed by atoms with Crippen LogP contribution in [-0.2, 0) is 6.54 Å². The number of hydrogen-bond acceptors (Lipinski definition) is 5. The Balaban J connectivity index is 1.46. The normalized spacial score (nSPS) is 10.8. The van der Waals surface area contributed by atoms with Gasteiger partial charge in [0.25, 0.3) is 5.91 Å². The van der Waals surface area contributed by atoms with E-state index in [0.717, 1.165) is 16.8 Å². The van der Waals surface area contributed by atoms with E-state index in [2.05, 4.69) is 4.98 Å². The van der Waals surface area contributed by atoms with Crippen LogP contribution in [0.4, 0.5) is 0 Å². The van der Waals surface area contributed by atoms with E-state index < -0.39 is 5.91 Å². The van der Waals surface area contributed by atoms with Crippen molar-refractivity contribution >= 4 is 16.7 Å². The molecule has 4 rings (SSSR count). The average Bonchev–Trinajstić information content (AvgIpc) is 3.30. The van der Waals surface area contributed by atoms with E-state index in [1.807, 2.05) is 47.3 Å². The number of carbonyl (C=O) groups excluding carboxylic acids is 1. The fourth-order valence-corrected chi connectivity index (χ4v) is 3.09. The third-order valence-corrected chi connectivity index (χ3v) is 4.63. The molecule has 0 aliphatic heterocycles. The van der Waals surface area contributed by atoms with Crippen LogP contribution < -0.4 is 15.7 Å². The van der Waals surface area contributed by atoms with Gasteiger partial charge >= 0.3 is 0 Å². The Hall–Kier alpha value is -3.91. The SMILES string of the molecule is N=c1c2cc(C(=O)NO)ccc2ccn1CCOc1ccc(-n2ccnc2)cc1. The summed E-state index contributed by atoms with van der Waals surface area (Å²) in [7, 11) is 0. The molecule has 0 spiro atoms. The van der Waals surface area contributed by atoms with Gasteiger partial charge in [-0.1, -0.05) is 6.07 Å². The number of benzene rings is 2. The first-order valence-corrected chi connectivity index (χ1v) is 8.99. The van der Waals surface area contributed by atoms with E-state index in [9.17, 15) is 4.79 Å². The van der Waals surface area contributed by atoms with Crippen molar-refractivity contribution < 1.29 is 14.7 Å². The standard InChI is InChI=1S/C21H19N5O3/c22-20-19-13-16(21(27)24-28)2-1-15(19)7-9-25(20)11-12-29-18-5-3-17(4-6-18)26-10-8-23-14-26/h1-10,13-14,22,28H,11-12H2,(H,24,27). The molecule has 0 saturated carbocycles. The molecule has 0 atom stereocenters. The molecule has 3 N–H and O–H groups in total. The summed E-state index contributed by atoms with van der Waals surface area (Å²) < 4.78 is 9.46. The van der Waals surface area contributed by atoms with E-state index in [4.69, 9.17) is 15.4 Å². The fourth-order valence-electron chi connectivity index (χ4n) is 3.09. The smallest absolute Gasteiger partial charge is 0.274 e. The minimum Gasteiger partial charge on any atom is -0.492 e. The molecule has 29 heavy (non-hydrogen) atoms. The summed E-state index contributed by atoms with van der Waals surface area (Å²) in [5.74, 6) is 0.132. The molecule has 2 aromatic carbocycles. The Morgan fingerprint density at radius 2 is 1.97 bits per heavy atom. The van der Waals surface area contributed by atoms with Gasteiger partial charge in [-0.15, -0.1) is 0 Å². The van der Waals surface area contributed by atoms with Gasteiger partial charge < -0.3 is 13.9 Å². The molecule has 4 aromatic rings. The van der Waals surface area contributed by atoms with Crippen molar-refractivity contribution in [3.8, 4) is 11.4 Å². The van der Waals surface area contributed by atoms with E-state index in [0.29, 0.717) is 24.1 Å². The number of ether oxygens (including phenoxy) is 1. The number of carbonyl (C=O) groups is 1. The quantitative estimate of drug-likeness (QED) is 0.348. The molecule has 0 unspecified atom stereocenters. The predicted octanol–water partition coefficient (Wildman–Crippen LogP) is 2.50. The third-order valence-electron chi connectivity index (χ3n) is 4.63. The Labute approximate surface area is 166 Å². The summed E-state index contributed by atoms with van der Waals surface area (Å²) >= 11 is 0. The molecule has 0 aliphatic carbocycles. The zero-order valence-electron chi connectivity index (χ0n) is 15.4. The van der Waals surface area contributed by atoms with Crippen molar-refractivity contribution in [2.75, 3.05) is 6.61 Å². The second-order valence-electron chi connectivity index (χ2n) is 6.41. The first kappa shape index (κ1) is 18.5. The summed E-state index contributed by atoms with van der Waals surface area (Å²) in [5, 5.41) is 18.7. The van der Waals surface area contributed by atoms with E-state index in [1.54, 1.807) is 40.8 Å². The van der Waals surface area contributed by atoms with E-state index in [-0.39, 0.29) is 5.49 Å². The second-order valence-corrected chi connectivity index (χ2v) is 6.41. The summed E-state index contributed by atoms with van der Waals surface area (Å²) in [6.07, 6.45) is 7.15. The summed E-state index contributed by atoms with van der Waals surface area (Å²) in [4.78, 5) is 15.7. The highest BCUT2D eigenvalue weighted by Crippen LogP contribution is 2.15. The van der Waals surface area contributed by atoms with Crippen LogP contribution in [0, 0.1) is 5.41 Å². The largest absolute Gasteiger partial charge is 0.492 e. The molecule has 146 valence electrons. The maximum Gasteiger partial charge on any atom is 0.274 e. The maximum absolute atomic E-state index is 11.6. The summed E-state index contributed by atoms with van der Waals surface area (Å²) in [6, 6.07) is 14.5. The second kappa shape index (κ2) is 7.99. The zero-order chi connectivity index (χ0) is 20.2. The Morgan fingerprint density at radius 1 is 1.14 bits per heavy atom. The van der Waals surface area contributed by atoms with E-state index in [1.165, 1.54) is 0 Å². The lowest BCUT2D eigenvalue weighted by Gasteiger charge is -2.11. The number of fused-ring (bicyclic) bond motifs is 1. The number of nitrogens with zero attached hydrogens (tertiary/aromatic N) is 3. The highest BCUT2D eigenvalue weighted by Gasteiger charge is 2.07. The molecule has 0 fully saturated rings. The van der Waals surface area contributed by atoms with Crippen LogP contribution in [0.15, 0.2) is 73.4 Å². The number of hydroxylamine groups is 1. The highest BCUT2D eigenvalue weighted by molar-refractivity contribution is 5.97. The third kappa shape index (κ3) is 3.87. The van der Waals surface area contributed by atoms with Crippen molar-refractivity contribution in [2.45, 2.75) is 6.54 Å². The van der Waals surface area contributed by atoms with Gasteiger partial charge in [-0.25, -0.2) is 10.5 Å². The van der Waals surface area contributed by atoms with Gasteiger partial charge in [0.15, 0.2) is 0 Å². The monoisotopic (exact) mass is 389 g/mol. The van der Waals surface area contributed by atoms with Crippen molar-refractivity contribution in [2.24, 2.45) is 0 Å². The number of hydrogen-bond donors (Lipinski definition) is 3. The van der Waals surface area contributed by atoms with Crippen LogP contribution in [0.3, 0.4) is 0 Å². The molecular weight excluding hydrogens is 370 g/mol. The van der Waals surface area contributed by atoms with Gasteiger partial charge in [0.1, 0.15) is 17.8 Å². The molecule has 0 saturated heterocycles. The van der Waals surface area contributed by atoms with Gasteiger partial charge in [-0.05, 0) is 47.9 Å². The number of amides is 1. The molecule has 1 amide bonds. The molecule has 8 heteroatoms. The zero-order valence-corrected chi connectivity index (χ0v) is 15.4. The van der Waals surface area contributed by atoms with Crippen molar-refractivity contribution in [1.29, 1.82) is 5.41 Å². The number of pyridine rings is 1. The van der Waals surface area contributed by atoms with E-state index >= 15 is 0 Å². The van der Waals surface area contributed by atoms with Gasteiger partial charge in [0.05, 0.1) is 12.9 Å². The topological polar surface area (TPSA) is 105 Å². The van der Waals surface area contributed by atoms with Crippen LogP contribution in [0.1, 0.15) is 10.4 Å². The Morgan fingerprint density at radius 3 is 2.69 bits per heavy atom. The fraction of sp³-hybridized carbons (Fsp3) is 0.0952. The van der Waals surface area contributed by atoms with Crippen LogP contribution >= 0.6 is 0 Å². The van der Waals surface area contributed by atoms with Gasteiger partial charge in [-0.3, -0.25) is 15.4 Å². The molecule has 0 bridgehead atoms. The Kier molecular flexibility index (Phi) is 5.08. The average molecular weight is 389 g/mol. The minimum atomic E-state index is -0.607. The van der Waals surface area contributed by atoms with Crippen molar-refractivity contribution in [3.05, 3.63) is 84.5 Å². The first-order valence-electron chi connectivity index (χ1n) is 8.99. The lowest BCUT2D eigenvalue weighted by Crippen LogP contribution is -2.24. The number of aromatic nitrogens is 3. The molecule has 2 aromatic heterocycles. The number of imidazole rings is 1. The van der Waals surface area contributed by atoms with Crippen LogP contribution in [-0.4, -0.2) is 31.8 Å². The molecule has 8 nitrogen and oxygen atoms in total. The van der Waals surface area contributed by atoms with Crippen LogP contribution in [0.5, 0.6) is 5.75 Å². The van der Waals surface area contributed by atoms with Crippen LogP contribution in [0.25, 0.3) is 16.5 Å². The Bertz CT molecular complexity index is 1200. The predicted molar refractivity (Wildman–Crippen MR) is 106 cm³/mol. The molecule has 0 aliphatic rings. The van der Waals surface area contributed by atoms with Gasteiger partial charge in [0, 0.05) is 35.2 Å². The lowest BCUT2D eigenvalue weighted by atomic mass is 10.1.